The molecule has 0 saturated carbocycles. The van der Waals surface area contributed by atoms with Crippen LogP contribution in [0.25, 0.3) is 0 Å². The van der Waals surface area contributed by atoms with E-state index in [9.17, 15) is 4.79 Å². The number of hydrogen-bond acceptors (Lipinski definition) is 4. The molecule has 2 rings (SSSR count). The lowest BCUT2D eigenvalue weighted by atomic mass is 10.1. The highest BCUT2D eigenvalue weighted by molar-refractivity contribution is 8.00. The Hall–Kier alpha value is -1.16. The maximum absolute atomic E-state index is 11.2. The Morgan fingerprint density at radius 3 is 3.23 bits per heavy atom. The summed E-state index contributed by atoms with van der Waals surface area (Å²) < 4.78 is 7.75. The monoisotopic (exact) mass is 195 g/mol. The predicted octanol–water partition coefficient (Wildman–Crippen LogP) is 2.05. The van der Waals surface area contributed by atoms with Gasteiger partial charge in [0.25, 0.3) is 0 Å². The summed E-state index contributed by atoms with van der Waals surface area (Å²) in [6.45, 7) is 0. The molecular weight excluding hydrogens is 186 g/mol. The highest BCUT2D eigenvalue weighted by Crippen LogP contribution is 2.31. The van der Waals surface area contributed by atoms with E-state index in [1.807, 2.05) is 12.1 Å². The minimum absolute atomic E-state index is 0.290. The van der Waals surface area contributed by atoms with Crippen LogP contribution in [0.1, 0.15) is 15.9 Å². The molecule has 0 radical (unpaired) electrons. The van der Waals surface area contributed by atoms with Gasteiger partial charge in [-0.05, 0) is 29.6 Å². The van der Waals surface area contributed by atoms with E-state index in [1.54, 1.807) is 18.0 Å². The molecule has 1 aromatic carbocycles. The normalized spacial score (nSPS) is 13.3. The molecule has 0 fully saturated rings. The lowest BCUT2D eigenvalue weighted by Gasteiger charge is -2.01. The fraction of sp³-hybridized carbons (Fsp3) is 0.222. The number of methoxy groups -OCH3 is 1. The Morgan fingerprint density at radius 1 is 1.62 bits per heavy atom. The molecule has 0 amide bonds. The molecule has 3 nitrogen and oxygen atoms in total. The van der Waals surface area contributed by atoms with Crippen LogP contribution in [0.15, 0.2) is 18.2 Å². The molecule has 1 heterocycles. The Balaban J connectivity index is 2.36. The van der Waals surface area contributed by atoms with Gasteiger partial charge >= 0.3 is 5.97 Å². The summed E-state index contributed by atoms with van der Waals surface area (Å²) in [5.41, 5.74) is 2.85. The van der Waals surface area contributed by atoms with Crippen molar-refractivity contribution in [3.63, 3.8) is 0 Å². The smallest absolute Gasteiger partial charge is 0.337 e. The quantitative estimate of drug-likeness (QED) is 0.549. The summed E-state index contributed by atoms with van der Waals surface area (Å²) in [6, 6.07) is 5.56. The van der Waals surface area contributed by atoms with Crippen molar-refractivity contribution in [2.45, 2.75) is 5.75 Å². The number of anilines is 1. The number of hydrogen-bond donors (Lipinski definition) is 1. The van der Waals surface area contributed by atoms with E-state index >= 15 is 0 Å². The average Bonchev–Trinajstić information content (AvgIpc) is 2.63. The minimum Gasteiger partial charge on any atom is -0.465 e. The molecule has 1 aromatic rings. The topological polar surface area (TPSA) is 38.3 Å². The van der Waals surface area contributed by atoms with E-state index in [4.69, 9.17) is 0 Å². The second kappa shape index (κ2) is 3.30. The van der Waals surface area contributed by atoms with Gasteiger partial charge in [0.2, 0.25) is 0 Å². The second-order valence-electron chi connectivity index (χ2n) is 2.75. The molecule has 68 valence electrons. The molecular formula is C9H9NO2S. The number of fused-ring (bicyclic) bond motifs is 1. The largest absolute Gasteiger partial charge is 0.465 e. The van der Waals surface area contributed by atoms with E-state index < -0.39 is 0 Å². The van der Waals surface area contributed by atoms with Gasteiger partial charge in [-0.3, -0.25) is 0 Å². The molecule has 1 aliphatic heterocycles. The third-order valence-corrected chi connectivity index (χ3v) is 2.76. The first kappa shape index (κ1) is 8.44. The highest BCUT2D eigenvalue weighted by Gasteiger charge is 2.13. The summed E-state index contributed by atoms with van der Waals surface area (Å²) in [5.74, 6) is 0.665. The van der Waals surface area contributed by atoms with Gasteiger partial charge < -0.3 is 9.46 Å². The van der Waals surface area contributed by atoms with Gasteiger partial charge in [0.05, 0.1) is 12.7 Å². The summed E-state index contributed by atoms with van der Waals surface area (Å²) in [7, 11) is 1.39. The van der Waals surface area contributed by atoms with Gasteiger partial charge in [-0.2, -0.15) is 0 Å². The first-order chi connectivity index (χ1) is 6.31. The fourth-order valence-corrected chi connectivity index (χ4v) is 2.06. The maximum atomic E-state index is 11.2. The minimum atomic E-state index is -0.290. The first-order valence-electron chi connectivity index (χ1n) is 3.90. The third-order valence-electron chi connectivity index (χ3n) is 1.94. The number of benzene rings is 1. The van der Waals surface area contributed by atoms with Gasteiger partial charge in [0, 0.05) is 11.4 Å². The molecule has 0 bridgehead atoms. The second-order valence-corrected chi connectivity index (χ2v) is 3.54. The van der Waals surface area contributed by atoms with Crippen molar-refractivity contribution in [3.05, 3.63) is 29.3 Å². The van der Waals surface area contributed by atoms with Crippen molar-refractivity contribution >= 4 is 23.6 Å². The van der Waals surface area contributed by atoms with E-state index in [0.29, 0.717) is 5.56 Å². The number of carbonyl (C=O) groups excluding carboxylic acids is 1. The van der Waals surface area contributed by atoms with Gasteiger partial charge in [0.15, 0.2) is 0 Å². The molecule has 1 N–H and O–H groups in total. The molecule has 13 heavy (non-hydrogen) atoms. The van der Waals surface area contributed by atoms with Gasteiger partial charge in [-0.25, -0.2) is 4.79 Å². The molecule has 0 saturated heterocycles. The summed E-state index contributed by atoms with van der Waals surface area (Å²) in [6.07, 6.45) is 0. The number of nitrogens with one attached hydrogen (secondary N) is 1. The van der Waals surface area contributed by atoms with Gasteiger partial charge in [-0.1, -0.05) is 6.07 Å². The van der Waals surface area contributed by atoms with Crippen molar-refractivity contribution in [1.82, 2.24) is 0 Å². The Labute approximate surface area is 80.6 Å². The Bertz CT molecular complexity index is 351. The highest BCUT2D eigenvalue weighted by atomic mass is 32.2. The molecule has 0 aliphatic carbocycles. The zero-order valence-electron chi connectivity index (χ0n) is 7.16. The van der Waals surface area contributed by atoms with E-state index in [2.05, 4.69) is 9.46 Å². The number of carbonyl (C=O) groups is 1. The van der Waals surface area contributed by atoms with Crippen molar-refractivity contribution in [2.24, 2.45) is 0 Å². The lowest BCUT2D eigenvalue weighted by molar-refractivity contribution is 0.0601. The number of esters is 1. The van der Waals surface area contributed by atoms with Gasteiger partial charge in [-0.15, -0.1) is 0 Å². The van der Waals surface area contributed by atoms with E-state index in [1.165, 1.54) is 12.7 Å². The van der Waals surface area contributed by atoms with E-state index in [-0.39, 0.29) is 5.97 Å². The molecule has 4 heteroatoms. The van der Waals surface area contributed by atoms with Crippen molar-refractivity contribution < 1.29 is 9.53 Å². The number of rotatable bonds is 1. The fourth-order valence-electron chi connectivity index (χ4n) is 1.23. The molecule has 1 aliphatic rings. The van der Waals surface area contributed by atoms with Crippen LogP contribution in [-0.4, -0.2) is 13.1 Å². The van der Waals surface area contributed by atoms with Crippen LogP contribution in [0.5, 0.6) is 0 Å². The SMILES string of the molecule is COC(=O)c1ccc2c(c1)NSC2. The van der Waals surface area contributed by atoms with Crippen LogP contribution in [0.2, 0.25) is 0 Å². The standard InChI is InChI=1S/C9H9NO2S/c1-12-9(11)6-2-3-7-5-13-10-8(7)4-6/h2-4,10H,5H2,1H3. The molecule has 0 spiro atoms. The number of ether oxygens (including phenoxy) is 1. The van der Waals surface area contributed by atoms with Crippen LogP contribution in [-0.2, 0) is 10.5 Å². The molecule has 0 unspecified atom stereocenters. The zero-order chi connectivity index (χ0) is 9.26. The van der Waals surface area contributed by atoms with Gasteiger partial charge in [0.1, 0.15) is 0 Å². The first-order valence-corrected chi connectivity index (χ1v) is 4.89. The van der Waals surface area contributed by atoms with Crippen molar-refractivity contribution in [1.29, 1.82) is 0 Å². The summed E-state index contributed by atoms with van der Waals surface area (Å²) >= 11 is 1.63. The third kappa shape index (κ3) is 1.49. The van der Waals surface area contributed by atoms with Crippen molar-refractivity contribution in [2.75, 3.05) is 11.8 Å². The van der Waals surface area contributed by atoms with Crippen molar-refractivity contribution in [3.8, 4) is 0 Å². The Kier molecular flexibility index (Phi) is 2.14. The van der Waals surface area contributed by atoms with Crippen LogP contribution in [0, 0.1) is 0 Å². The lowest BCUT2D eigenvalue weighted by Crippen LogP contribution is -2.01. The van der Waals surface area contributed by atoms with Crippen LogP contribution in [0.3, 0.4) is 0 Å². The molecule has 0 atom stereocenters. The summed E-state index contributed by atoms with van der Waals surface area (Å²) in [4.78, 5) is 11.2. The Morgan fingerprint density at radius 2 is 2.46 bits per heavy atom. The molecule has 0 aromatic heterocycles. The maximum Gasteiger partial charge on any atom is 0.337 e. The summed E-state index contributed by atoms with van der Waals surface area (Å²) in [5, 5.41) is 0. The van der Waals surface area contributed by atoms with Crippen LogP contribution < -0.4 is 4.72 Å². The zero-order valence-corrected chi connectivity index (χ0v) is 7.98. The van der Waals surface area contributed by atoms with Crippen LogP contribution >= 0.6 is 11.9 Å². The average molecular weight is 195 g/mol. The van der Waals surface area contributed by atoms with Crippen LogP contribution in [0.4, 0.5) is 5.69 Å². The van der Waals surface area contributed by atoms with E-state index in [0.717, 1.165) is 11.4 Å². The predicted molar refractivity (Wildman–Crippen MR) is 52.7 cm³/mol.